The molecule has 0 spiro atoms. The van der Waals surface area contributed by atoms with E-state index in [4.69, 9.17) is 22.1 Å². The SMILES string of the molecule is COc1cc(N)c(Cl)cc1-c1nc2cc(F)ccc2s1. The number of nitrogens with two attached hydrogens (primary N) is 1. The number of fused-ring (bicyclic) bond motifs is 1. The van der Waals surface area contributed by atoms with Crippen molar-refractivity contribution < 1.29 is 9.13 Å². The molecule has 2 aromatic carbocycles. The number of benzene rings is 2. The van der Waals surface area contributed by atoms with E-state index in [1.807, 2.05) is 0 Å². The van der Waals surface area contributed by atoms with E-state index in [1.165, 1.54) is 23.5 Å². The van der Waals surface area contributed by atoms with Crippen LogP contribution in [0.3, 0.4) is 0 Å². The van der Waals surface area contributed by atoms with E-state index >= 15 is 0 Å². The van der Waals surface area contributed by atoms with E-state index in [-0.39, 0.29) is 5.82 Å². The minimum absolute atomic E-state index is 0.309. The molecule has 0 unspecified atom stereocenters. The number of methoxy groups -OCH3 is 1. The molecule has 0 aliphatic rings. The van der Waals surface area contributed by atoms with Gasteiger partial charge in [-0.15, -0.1) is 11.3 Å². The number of aromatic nitrogens is 1. The second-order valence-electron chi connectivity index (χ2n) is 4.21. The average Bonchev–Trinajstić information content (AvgIpc) is 2.84. The van der Waals surface area contributed by atoms with Crippen LogP contribution in [0.4, 0.5) is 10.1 Å². The lowest BCUT2D eigenvalue weighted by molar-refractivity contribution is 0.416. The van der Waals surface area contributed by atoms with Gasteiger partial charge in [-0.1, -0.05) is 11.6 Å². The smallest absolute Gasteiger partial charge is 0.131 e. The van der Waals surface area contributed by atoms with Gasteiger partial charge in [-0.2, -0.15) is 0 Å². The summed E-state index contributed by atoms with van der Waals surface area (Å²) in [4.78, 5) is 4.42. The van der Waals surface area contributed by atoms with Gasteiger partial charge in [0.2, 0.25) is 0 Å². The minimum Gasteiger partial charge on any atom is -0.496 e. The number of hydrogen-bond acceptors (Lipinski definition) is 4. The summed E-state index contributed by atoms with van der Waals surface area (Å²) in [5, 5.41) is 1.15. The number of ether oxygens (including phenoxy) is 1. The topological polar surface area (TPSA) is 48.1 Å². The quantitative estimate of drug-likeness (QED) is 0.716. The predicted octanol–water partition coefficient (Wildman–Crippen LogP) is 4.35. The summed E-state index contributed by atoms with van der Waals surface area (Å²) in [5.41, 5.74) is 7.56. The summed E-state index contributed by atoms with van der Waals surface area (Å²) in [7, 11) is 1.55. The highest BCUT2D eigenvalue weighted by atomic mass is 35.5. The molecule has 1 heterocycles. The van der Waals surface area contributed by atoms with Crippen molar-refractivity contribution in [2.24, 2.45) is 0 Å². The number of nitrogen functional groups attached to an aromatic ring is 1. The molecule has 3 nitrogen and oxygen atoms in total. The molecule has 3 rings (SSSR count). The first-order valence-electron chi connectivity index (χ1n) is 5.78. The second kappa shape index (κ2) is 4.92. The molecular weight excluding hydrogens is 299 g/mol. The van der Waals surface area contributed by atoms with Crippen molar-refractivity contribution >= 4 is 38.8 Å². The fourth-order valence-electron chi connectivity index (χ4n) is 1.92. The van der Waals surface area contributed by atoms with Crippen LogP contribution in [0.1, 0.15) is 0 Å². The Balaban J connectivity index is 2.22. The monoisotopic (exact) mass is 308 g/mol. The van der Waals surface area contributed by atoms with Crippen molar-refractivity contribution in [3.63, 3.8) is 0 Å². The van der Waals surface area contributed by atoms with E-state index in [9.17, 15) is 4.39 Å². The molecule has 2 N–H and O–H groups in total. The highest BCUT2D eigenvalue weighted by Crippen LogP contribution is 2.39. The van der Waals surface area contributed by atoms with Gasteiger partial charge in [0, 0.05) is 12.1 Å². The van der Waals surface area contributed by atoms with Crippen LogP contribution in [0.2, 0.25) is 5.02 Å². The molecule has 20 heavy (non-hydrogen) atoms. The fourth-order valence-corrected chi connectivity index (χ4v) is 3.05. The number of thiazole rings is 1. The molecule has 1 aromatic heterocycles. The third-order valence-corrected chi connectivity index (χ3v) is 4.30. The lowest BCUT2D eigenvalue weighted by Crippen LogP contribution is -1.92. The van der Waals surface area contributed by atoms with Gasteiger partial charge in [-0.05, 0) is 18.2 Å². The highest BCUT2D eigenvalue weighted by Gasteiger charge is 2.14. The summed E-state index contributed by atoms with van der Waals surface area (Å²) in [6.07, 6.45) is 0. The van der Waals surface area contributed by atoms with Crippen molar-refractivity contribution in [1.82, 2.24) is 4.98 Å². The first-order valence-corrected chi connectivity index (χ1v) is 6.97. The second-order valence-corrected chi connectivity index (χ2v) is 5.64. The molecule has 6 heteroatoms. The molecule has 0 saturated carbocycles. The minimum atomic E-state index is -0.309. The van der Waals surface area contributed by atoms with E-state index in [1.54, 1.807) is 25.3 Å². The van der Waals surface area contributed by atoms with Gasteiger partial charge < -0.3 is 10.5 Å². The summed E-state index contributed by atoms with van der Waals surface area (Å²) in [5.74, 6) is 0.281. The number of halogens is 2. The maximum absolute atomic E-state index is 13.2. The van der Waals surface area contributed by atoms with Crippen LogP contribution in [0.15, 0.2) is 30.3 Å². The number of anilines is 1. The Morgan fingerprint density at radius 3 is 2.85 bits per heavy atom. The average molecular weight is 309 g/mol. The van der Waals surface area contributed by atoms with E-state index < -0.39 is 0 Å². The van der Waals surface area contributed by atoms with E-state index in [0.717, 1.165) is 10.3 Å². The van der Waals surface area contributed by atoms with Gasteiger partial charge in [0.25, 0.3) is 0 Å². The molecule has 3 aromatic rings. The Bertz CT molecular complexity index is 803. The zero-order chi connectivity index (χ0) is 14.3. The lowest BCUT2D eigenvalue weighted by Gasteiger charge is -2.08. The van der Waals surface area contributed by atoms with Crippen LogP contribution in [-0.4, -0.2) is 12.1 Å². The Morgan fingerprint density at radius 1 is 1.30 bits per heavy atom. The van der Waals surface area contributed by atoms with Gasteiger partial charge in [-0.3, -0.25) is 0 Å². The van der Waals surface area contributed by atoms with Crippen molar-refractivity contribution in [1.29, 1.82) is 0 Å². The molecule has 0 fully saturated rings. The molecule has 0 atom stereocenters. The van der Waals surface area contributed by atoms with E-state index in [0.29, 0.717) is 27.0 Å². The molecule has 0 aliphatic carbocycles. The molecular formula is C14H10ClFN2OS. The molecule has 0 radical (unpaired) electrons. The first kappa shape index (κ1) is 13.1. The van der Waals surface area contributed by atoms with Gasteiger partial charge in [-0.25, -0.2) is 9.37 Å². The van der Waals surface area contributed by atoms with Crippen molar-refractivity contribution in [3.8, 4) is 16.3 Å². The molecule has 102 valence electrons. The van der Waals surface area contributed by atoms with Crippen LogP contribution in [0.25, 0.3) is 20.8 Å². The third kappa shape index (κ3) is 2.19. The Morgan fingerprint density at radius 2 is 2.10 bits per heavy atom. The molecule has 0 bridgehead atoms. The zero-order valence-corrected chi connectivity index (χ0v) is 12.1. The highest BCUT2D eigenvalue weighted by molar-refractivity contribution is 7.21. The number of rotatable bonds is 2. The normalized spacial score (nSPS) is 10.9. The predicted molar refractivity (Wildman–Crippen MR) is 81.0 cm³/mol. The van der Waals surface area contributed by atoms with Crippen LogP contribution < -0.4 is 10.5 Å². The van der Waals surface area contributed by atoms with Gasteiger partial charge in [0.1, 0.15) is 16.6 Å². The maximum atomic E-state index is 13.2. The van der Waals surface area contributed by atoms with Crippen LogP contribution in [0.5, 0.6) is 5.75 Å². The zero-order valence-electron chi connectivity index (χ0n) is 10.5. The maximum Gasteiger partial charge on any atom is 0.131 e. The molecule has 0 amide bonds. The first-order chi connectivity index (χ1) is 9.58. The summed E-state index contributed by atoms with van der Waals surface area (Å²) in [6.45, 7) is 0. The van der Waals surface area contributed by atoms with Crippen LogP contribution in [-0.2, 0) is 0 Å². The Labute approximate surface area is 123 Å². The van der Waals surface area contributed by atoms with Gasteiger partial charge in [0.15, 0.2) is 0 Å². The van der Waals surface area contributed by atoms with Gasteiger partial charge >= 0.3 is 0 Å². The number of hydrogen-bond donors (Lipinski definition) is 1. The number of nitrogens with zero attached hydrogens (tertiary/aromatic N) is 1. The van der Waals surface area contributed by atoms with Crippen molar-refractivity contribution in [3.05, 3.63) is 41.2 Å². The standard InChI is InChI=1S/C14H10ClFN2OS/c1-19-12-6-10(17)9(15)5-8(12)14-18-11-4-7(16)2-3-13(11)20-14/h2-6H,17H2,1H3. The Kier molecular flexibility index (Phi) is 3.23. The van der Waals surface area contributed by atoms with Crippen molar-refractivity contribution in [2.75, 3.05) is 12.8 Å². The largest absolute Gasteiger partial charge is 0.496 e. The summed E-state index contributed by atoms with van der Waals surface area (Å²) < 4.78 is 19.4. The van der Waals surface area contributed by atoms with Crippen LogP contribution >= 0.6 is 22.9 Å². The van der Waals surface area contributed by atoms with Crippen LogP contribution in [0, 0.1) is 5.82 Å². The summed E-state index contributed by atoms with van der Waals surface area (Å²) >= 11 is 7.50. The fraction of sp³-hybridized carbons (Fsp3) is 0.0714. The van der Waals surface area contributed by atoms with Gasteiger partial charge in [0.05, 0.1) is 33.6 Å². The van der Waals surface area contributed by atoms with E-state index in [2.05, 4.69) is 4.98 Å². The molecule has 0 aliphatic heterocycles. The Hall–Kier alpha value is -1.85. The summed E-state index contributed by atoms with van der Waals surface area (Å²) in [6, 6.07) is 7.89. The third-order valence-electron chi connectivity index (χ3n) is 2.90. The molecule has 0 saturated heterocycles. The van der Waals surface area contributed by atoms with Crippen molar-refractivity contribution in [2.45, 2.75) is 0 Å². The lowest BCUT2D eigenvalue weighted by atomic mass is 10.2.